The fourth-order valence-corrected chi connectivity index (χ4v) is 3.83. The van der Waals surface area contributed by atoms with Gasteiger partial charge in [-0.25, -0.2) is 4.98 Å². The highest BCUT2D eigenvalue weighted by atomic mass is 32.2. The second-order valence-electron chi connectivity index (χ2n) is 6.74. The maximum atomic E-state index is 12.5. The topological polar surface area (TPSA) is 55.1 Å². The Morgan fingerprint density at radius 3 is 2.23 bits per heavy atom. The largest absolute Gasteiger partial charge is 0.431 e. The number of anilines is 1. The molecule has 0 saturated carbocycles. The lowest BCUT2D eigenvalue weighted by Crippen LogP contribution is -2.15. The molecule has 4 rings (SSSR count). The highest BCUT2D eigenvalue weighted by Gasteiger charge is 2.18. The number of thioether (sulfide) groups is 1. The molecule has 4 aromatic rings. The average molecular weight is 415 g/mol. The van der Waals surface area contributed by atoms with Crippen LogP contribution in [0.1, 0.15) is 12.5 Å². The molecule has 1 N–H and O–H groups in total. The molecular formula is C25H22N2O2S. The van der Waals surface area contributed by atoms with Crippen molar-refractivity contribution in [2.75, 3.05) is 11.1 Å². The summed E-state index contributed by atoms with van der Waals surface area (Å²) in [5, 5.41) is 3.47. The second kappa shape index (κ2) is 9.46. The Kier molecular flexibility index (Phi) is 6.30. The van der Waals surface area contributed by atoms with E-state index in [-0.39, 0.29) is 11.7 Å². The first kappa shape index (κ1) is 20.0. The molecule has 0 atom stereocenters. The Hall–Kier alpha value is -3.31. The highest BCUT2D eigenvalue weighted by Crippen LogP contribution is 2.35. The quantitative estimate of drug-likeness (QED) is 0.361. The molecule has 0 spiro atoms. The number of benzene rings is 3. The van der Waals surface area contributed by atoms with E-state index in [0.29, 0.717) is 11.0 Å². The van der Waals surface area contributed by atoms with Crippen molar-refractivity contribution in [3.63, 3.8) is 0 Å². The number of nitrogens with one attached hydrogen (secondary N) is 1. The van der Waals surface area contributed by atoms with Crippen LogP contribution >= 0.6 is 11.8 Å². The van der Waals surface area contributed by atoms with Gasteiger partial charge in [-0.3, -0.25) is 4.79 Å². The normalized spacial score (nSPS) is 10.7. The van der Waals surface area contributed by atoms with E-state index < -0.39 is 0 Å². The summed E-state index contributed by atoms with van der Waals surface area (Å²) in [6.45, 7) is 2.07. The van der Waals surface area contributed by atoms with E-state index in [9.17, 15) is 4.79 Å². The molecule has 4 nitrogen and oxygen atoms in total. The molecule has 0 aliphatic heterocycles. The van der Waals surface area contributed by atoms with Crippen LogP contribution in [0.15, 0.2) is 94.6 Å². The van der Waals surface area contributed by atoms with Crippen LogP contribution in [0.2, 0.25) is 0 Å². The number of carbonyl (C=O) groups is 1. The summed E-state index contributed by atoms with van der Waals surface area (Å²) in [7, 11) is 0. The van der Waals surface area contributed by atoms with Gasteiger partial charge in [-0.05, 0) is 18.1 Å². The van der Waals surface area contributed by atoms with Gasteiger partial charge in [-0.2, -0.15) is 0 Å². The number of aryl methyl sites for hydroxylation is 1. The van der Waals surface area contributed by atoms with Crippen LogP contribution in [0.3, 0.4) is 0 Å². The monoisotopic (exact) mass is 414 g/mol. The molecule has 0 saturated heterocycles. The van der Waals surface area contributed by atoms with Crippen LogP contribution in [0.5, 0.6) is 0 Å². The molecule has 0 unspecified atom stereocenters. The van der Waals surface area contributed by atoms with Crippen LogP contribution in [0.4, 0.5) is 5.69 Å². The van der Waals surface area contributed by atoms with Crippen molar-refractivity contribution >= 4 is 23.4 Å². The number of hydrogen-bond donors (Lipinski definition) is 1. The fraction of sp³-hybridized carbons (Fsp3) is 0.120. The van der Waals surface area contributed by atoms with Gasteiger partial charge in [0.2, 0.25) is 5.91 Å². The smallest absolute Gasteiger partial charge is 0.257 e. The lowest BCUT2D eigenvalue weighted by Gasteiger charge is -2.08. The molecule has 1 amide bonds. The van der Waals surface area contributed by atoms with E-state index in [1.807, 2.05) is 84.9 Å². The molecular weight excluding hydrogens is 392 g/mol. The zero-order valence-corrected chi connectivity index (χ0v) is 17.5. The maximum absolute atomic E-state index is 12.5. The van der Waals surface area contributed by atoms with Gasteiger partial charge in [0.25, 0.3) is 5.22 Å². The summed E-state index contributed by atoms with van der Waals surface area (Å²) < 4.78 is 6.07. The van der Waals surface area contributed by atoms with Crippen LogP contribution in [-0.2, 0) is 11.2 Å². The lowest BCUT2D eigenvalue weighted by atomic mass is 10.1. The first-order valence-corrected chi connectivity index (χ1v) is 10.9. The first-order valence-electron chi connectivity index (χ1n) is 9.87. The summed E-state index contributed by atoms with van der Waals surface area (Å²) in [6.07, 6.45) is 0.865. The van der Waals surface area contributed by atoms with E-state index in [0.717, 1.165) is 34.5 Å². The van der Waals surface area contributed by atoms with Crippen molar-refractivity contribution in [2.24, 2.45) is 0 Å². The SMILES string of the molecule is CCc1ccccc1NC(=O)CSc1nc(-c2ccccc2)c(-c2ccccc2)o1. The molecule has 3 aromatic carbocycles. The number of carbonyl (C=O) groups excluding carboxylic acids is 1. The van der Waals surface area contributed by atoms with Gasteiger partial charge >= 0.3 is 0 Å². The third-order valence-corrected chi connectivity index (χ3v) is 5.52. The third-order valence-electron chi connectivity index (χ3n) is 4.69. The van der Waals surface area contributed by atoms with E-state index in [1.165, 1.54) is 11.8 Å². The third kappa shape index (κ3) is 4.63. The summed E-state index contributed by atoms with van der Waals surface area (Å²) in [6, 6.07) is 27.7. The van der Waals surface area contributed by atoms with E-state index in [2.05, 4.69) is 17.2 Å². The number of nitrogens with zero attached hydrogens (tertiary/aromatic N) is 1. The van der Waals surface area contributed by atoms with Crippen molar-refractivity contribution < 1.29 is 9.21 Å². The van der Waals surface area contributed by atoms with Crippen molar-refractivity contribution in [3.8, 4) is 22.6 Å². The van der Waals surface area contributed by atoms with Gasteiger partial charge in [-0.15, -0.1) is 0 Å². The van der Waals surface area contributed by atoms with Gasteiger partial charge in [0, 0.05) is 16.8 Å². The zero-order chi connectivity index (χ0) is 20.8. The molecule has 0 radical (unpaired) electrons. The van der Waals surface area contributed by atoms with E-state index in [4.69, 9.17) is 4.42 Å². The molecule has 0 fully saturated rings. The van der Waals surface area contributed by atoms with Gasteiger partial charge in [0.05, 0.1) is 5.75 Å². The lowest BCUT2D eigenvalue weighted by molar-refractivity contribution is -0.113. The summed E-state index contributed by atoms with van der Waals surface area (Å²) in [5.74, 6) is 0.851. The van der Waals surface area contributed by atoms with Crippen LogP contribution in [0.25, 0.3) is 22.6 Å². The van der Waals surface area contributed by atoms with Gasteiger partial charge < -0.3 is 9.73 Å². The molecule has 30 heavy (non-hydrogen) atoms. The molecule has 0 aliphatic carbocycles. The molecule has 150 valence electrons. The number of aromatic nitrogens is 1. The molecule has 1 heterocycles. The molecule has 0 aliphatic rings. The molecule has 1 aromatic heterocycles. The number of rotatable bonds is 7. The zero-order valence-electron chi connectivity index (χ0n) is 16.7. The summed E-state index contributed by atoms with van der Waals surface area (Å²) in [4.78, 5) is 17.2. The Bertz CT molecular complexity index is 1070. The van der Waals surface area contributed by atoms with E-state index >= 15 is 0 Å². The van der Waals surface area contributed by atoms with Gasteiger partial charge in [0.15, 0.2) is 5.76 Å². The Morgan fingerprint density at radius 2 is 1.53 bits per heavy atom. The number of para-hydroxylation sites is 1. The Labute approximate surface area is 180 Å². The van der Waals surface area contributed by atoms with Crippen molar-refractivity contribution in [1.29, 1.82) is 0 Å². The van der Waals surface area contributed by atoms with Gasteiger partial charge in [-0.1, -0.05) is 97.5 Å². The van der Waals surface area contributed by atoms with Gasteiger partial charge in [0.1, 0.15) is 5.69 Å². The highest BCUT2D eigenvalue weighted by molar-refractivity contribution is 7.99. The first-order chi connectivity index (χ1) is 14.7. The predicted octanol–water partition coefficient (Wildman–Crippen LogP) is 6.30. The second-order valence-corrected chi connectivity index (χ2v) is 7.66. The predicted molar refractivity (Wildman–Crippen MR) is 123 cm³/mol. The Morgan fingerprint density at radius 1 is 0.900 bits per heavy atom. The fourth-order valence-electron chi connectivity index (χ4n) is 3.20. The molecule has 0 bridgehead atoms. The van der Waals surface area contributed by atoms with Crippen LogP contribution in [0, 0.1) is 0 Å². The summed E-state index contributed by atoms with van der Waals surface area (Å²) >= 11 is 1.30. The summed E-state index contributed by atoms with van der Waals surface area (Å²) in [5.41, 5.74) is 4.68. The average Bonchev–Trinajstić information content (AvgIpc) is 3.24. The minimum Gasteiger partial charge on any atom is -0.431 e. The Balaban J connectivity index is 1.53. The van der Waals surface area contributed by atoms with Crippen molar-refractivity contribution in [2.45, 2.75) is 18.6 Å². The number of amides is 1. The maximum Gasteiger partial charge on any atom is 0.257 e. The van der Waals surface area contributed by atoms with Crippen LogP contribution in [-0.4, -0.2) is 16.6 Å². The standard InChI is InChI=1S/C25H22N2O2S/c1-2-18-11-9-10-16-21(18)26-22(28)17-30-25-27-23(19-12-5-3-6-13-19)24(29-25)20-14-7-4-8-15-20/h3-16H,2,17H2,1H3,(H,26,28). The number of oxazole rings is 1. The van der Waals surface area contributed by atoms with Crippen molar-refractivity contribution in [1.82, 2.24) is 4.98 Å². The van der Waals surface area contributed by atoms with E-state index in [1.54, 1.807) is 0 Å². The minimum absolute atomic E-state index is 0.0818. The minimum atomic E-state index is -0.0818. The van der Waals surface area contributed by atoms with Crippen LogP contribution < -0.4 is 5.32 Å². The molecule has 5 heteroatoms. The van der Waals surface area contributed by atoms with Crippen molar-refractivity contribution in [3.05, 3.63) is 90.5 Å². The number of hydrogen-bond acceptors (Lipinski definition) is 4.